The number of imide groups is 1. The maximum atomic E-state index is 12.2. The van der Waals surface area contributed by atoms with Crippen LogP contribution in [0, 0.1) is 0 Å². The van der Waals surface area contributed by atoms with Crippen molar-refractivity contribution in [2.75, 3.05) is 0 Å². The van der Waals surface area contributed by atoms with E-state index in [0.29, 0.717) is 25.5 Å². The average Bonchev–Trinajstić information content (AvgIpc) is 2.53. The lowest BCUT2D eigenvalue weighted by molar-refractivity contribution is 0.0965. The molecule has 0 heterocycles. The minimum Gasteiger partial charge on any atom is -0.277 e. The zero-order valence-electron chi connectivity index (χ0n) is 14.3. The third-order valence-corrected chi connectivity index (χ3v) is 5.42. The minimum absolute atomic E-state index is 0.0138. The number of benzene rings is 2. The van der Waals surface area contributed by atoms with E-state index in [1.165, 1.54) is 12.1 Å². The first kappa shape index (κ1) is 20.9. The van der Waals surface area contributed by atoms with Gasteiger partial charge in [0.15, 0.2) is 0 Å². The Morgan fingerprint density at radius 2 is 1.50 bits per heavy atom. The number of carbonyl (C=O) groups excluding carboxylic acids is 2. The molecule has 2 aromatic rings. The summed E-state index contributed by atoms with van der Waals surface area (Å²) < 4.78 is 2.47. The molecule has 8 heteroatoms. The number of carbonyl (C=O) groups is 2. The second-order valence-corrected chi connectivity index (χ2v) is 8.58. The number of amides is 3. The minimum atomic E-state index is -0.679. The Kier molecular flexibility index (Phi) is 6.86. The van der Waals surface area contributed by atoms with Crippen LogP contribution in [0.4, 0.5) is 4.79 Å². The van der Waals surface area contributed by atoms with Gasteiger partial charge in [-0.1, -0.05) is 67.7 Å². The second-order valence-electron chi connectivity index (χ2n) is 6.51. The summed E-state index contributed by atoms with van der Waals surface area (Å²) in [5.41, 5.74) is 1.47. The maximum absolute atomic E-state index is 12.2. The molecule has 0 bridgehead atoms. The molecule has 26 heavy (non-hydrogen) atoms. The molecule has 0 fully saturated rings. The number of urea groups is 1. The van der Waals surface area contributed by atoms with Crippen molar-refractivity contribution in [1.82, 2.24) is 10.0 Å². The molecule has 2 rings (SSSR count). The van der Waals surface area contributed by atoms with Crippen LogP contribution in [0.1, 0.15) is 36.7 Å². The van der Waals surface area contributed by atoms with Crippen LogP contribution in [-0.4, -0.2) is 11.9 Å². The van der Waals surface area contributed by atoms with Gasteiger partial charge in [-0.05, 0) is 47.2 Å². The topological polar surface area (TPSA) is 58.2 Å². The van der Waals surface area contributed by atoms with Gasteiger partial charge in [-0.15, -0.1) is 0 Å². The van der Waals surface area contributed by atoms with Crippen LogP contribution in [0.25, 0.3) is 0 Å². The van der Waals surface area contributed by atoms with E-state index < -0.39 is 11.9 Å². The molecule has 3 amide bonds. The van der Waals surface area contributed by atoms with Gasteiger partial charge in [-0.2, -0.15) is 0 Å². The van der Waals surface area contributed by atoms with Gasteiger partial charge in [0, 0.05) is 10.6 Å². The number of nitrogens with one attached hydrogen (secondary N) is 2. The largest absolute Gasteiger partial charge is 0.331 e. The van der Waals surface area contributed by atoms with Crippen molar-refractivity contribution in [3.8, 4) is 0 Å². The van der Waals surface area contributed by atoms with Crippen molar-refractivity contribution >= 4 is 58.7 Å². The molecule has 0 radical (unpaired) electrons. The first-order valence-corrected chi connectivity index (χ1v) is 9.56. The van der Waals surface area contributed by atoms with Crippen molar-refractivity contribution < 1.29 is 9.59 Å². The summed E-state index contributed by atoms with van der Waals surface area (Å²) >= 11 is 18.8. The molecule has 2 N–H and O–H groups in total. The molecule has 0 aliphatic heterocycles. The van der Waals surface area contributed by atoms with Gasteiger partial charge in [0.05, 0.1) is 14.9 Å². The van der Waals surface area contributed by atoms with Crippen LogP contribution in [0.3, 0.4) is 0 Å². The van der Waals surface area contributed by atoms with Crippen molar-refractivity contribution in [2.24, 2.45) is 0 Å². The number of hydrogen-bond donors (Lipinski definition) is 2. The molecule has 0 spiro atoms. The van der Waals surface area contributed by atoms with Crippen LogP contribution in [-0.2, 0) is 5.41 Å². The van der Waals surface area contributed by atoms with Crippen LogP contribution in [0.5, 0.6) is 0 Å². The van der Waals surface area contributed by atoms with E-state index in [9.17, 15) is 9.59 Å². The zero-order valence-corrected chi connectivity index (χ0v) is 17.4. The van der Waals surface area contributed by atoms with E-state index in [4.69, 9.17) is 34.8 Å². The van der Waals surface area contributed by atoms with Gasteiger partial charge >= 0.3 is 6.03 Å². The SMILES string of the molecule is CC(C)(C)c1ccc(C(=O)NC(=O)NSc2c(Cl)cc(Cl)cc2Cl)cc1. The Morgan fingerprint density at radius 1 is 0.962 bits per heavy atom. The van der Waals surface area contributed by atoms with Gasteiger partial charge < -0.3 is 0 Å². The smallest absolute Gasteiger partial charge is 0.277 e. The molecule has 0 aliphatic rings. The second kappa shape index (κ2) is 8.53. The molecule has 0 saturated heterocycles. The predicted octanol–water partition coefficient (Wildman–Crippen LogP) is 6.09. The van der Waals surface area contributed by atoms with E-state index in [2.05, 4.69) is 30.8 Å². The predicted molar refractivity (Wildman–Crippen MR) is 108 cm³/mol. The highest BCUT2D eigenvalue weighted by molar-refractivity contribution is 7.98. The van der Waals surface area contributed by atoms with E-state index in [1.54, 1.807) is 12.1 Å². The normalized spacial score (nSPS) is 11.2. The summed E-state index contributed by atoms with van der Waals surface area (Å²) in [7, 11) is 0. The highest BCUT2D eigenvalue weighted by Gasteiger charge is 2.16. The lowest BCUT2D eigenvalue weighted by Gasteiger charge is -2.19. The number of halogens is 3. The first-order valence-electron chi connectivity index (χ1n) is 7.61. The Labute approximate surface area is 171 Å². The molecule has 0 unspecified atom stereocenters. The zero-order chi connectivity index (χ0) is 19.5. The van der Waals surface area contributed by atoms with Gasteiger partial charge in [-0.25, -0.2) is 4.79 Å². The molecular weight excluding hydrogens is 415 g/mol. The maximum Gasteiger partial charge on any atom is 0.331 e. The monoisotopic (exact) mass is 430 g/mol. The molecule has 2 aromatic carbocycles. The summed E-state index contributed by atoms with van der Waals surface area (Å²) in [5.74, 6) is -0.503. The van der Waals surface area contributed by atoms with Crippen molar-refractivity contribution in [3.05, 3.63) is 62.6 Å². The van der Waals surface area contributed by atoms with E-state index in [1.807, 2.05) is 12.1 Å². The number of hydrogen-bond acceptors (Lipinski definition) is 3. The molecule has 4 nitrogen and oxygen atoms in total. The van der Waals surface area contributed by atoms with Crippen molar-refractivity contribution in [1.29, 1.82) is 0 Å². The fourth-order valence-corrected chi connectivity index (χ4v) is 3.65. The summed E-state index contributed by atoms with van der Waals surface area (Å²) in [4.78, 5) is 24.5. The molecule has 0 aliphatic carbocycles. The summed E-state index contributed by atoms with van der Waals surface area (Å²) in [6.07, 6.45) is 0. The van der Waals surface area contributed by atoms with Crippen molar-refractivity contribution in [2.45, 2.75) is 31.1 Å². The van der Waals surface area contributed by atoms with Crippen LogP contribution < -0.4 is 10.0 Å². The lowest BCUT2D eigenvalue weighted by atomic mass is 9.87. The van der Waals surface area contributed by atoms with E-state index >= 15 is 0 Å². The summed E-state index contributed by atoms with van der Waals surface area (Å²) in [5, 5.41) is 3.25. The van der Waals surface area contributed by atoms with E-state index in [0.717, 1.165) is 17.5 Å². The third kappa shape index (κ3) is 5.55. The van der Waals surface area contributed by atoms with Gasteiger partial charge in [-0.3, -0.25) is 14.8 Å². The van der Waals surface area contributed by atoms with Crippen LogP contribution in [0.2, 0.25) is 15.1 Å². The highest BCUT2D eigenvalue weighted by atomic mass is 35.5. The molecular formula is C18H17Cl3N2O2S. The summed E-state index contributed by atoms with van der Waals surface area (Å²) in [6, 6.07) is 9.45. The Bertz CT molecular complexity index is 810. The van der Waals surface area contributed by atoms with Gasteiger partial charge in [0.25, 0.3) is 5.91 Å². The Hall–Kier alpha value is -1.40. The quantitative estimate of drug-likeness (QED) is 0.578. The van der Waals surface area contributed by atoms with Crippen molar-refractivity contribution in [3.63, 3.8) is 0 Å². The third-order valence-electron chi connectivity index (χ3n) is 3.45. The Morgan fingerprint density at radius 3 is 2.00 bits per heavy atom. The molecule has 0 aromatic heterocycles. The highest BCUT2D eigenvalue weighted by Crippen LogP contribution is 2.35. The average molecular weight is 432 g/mol. The van der Waals surface area contributed by atoms with E-state index in [-0.39, 0.29) is 5.41 Å². The summed E-state index contributed by atoms with van der Waals surface area (Å²) in [6.45, 7) is 6.25. The van der Waals surface area contributed by atoms with Crippen LogP contribution >= 0.6 is 46.8 Å². The van der Waals surface area contributed by atoms with Crippen LogP contribution in [0.15, 0.2) is 41.3 Å². The first-order chi connectivity index (χ1) is 12.1. The molecule has 0 atom stereocenters. The number of rotatable bonds is 3. The molecule has 138 valence electrons. The van der Waals surface area contributed by atoms with Gasteiger partial charge in [0.1, 0.15) is 0 Å². The fourth-order valence-electron chi connectivity index (χ4n) is 2.05. The Balaban J connectivity index is 1.97. The lowest BCUT2D eigenvalue weighted by Crippen LogP contribution is -2.36. The fraction of sp³-hybridized carbons (Fsp3) is 0.222. The molecule has 0 saturated carbocycles. The van der Waals surface area contributed by atoms with Gasteiger partial charge in [0.2, 0.25) is 0 Å². The standard InChI is InChI=1S/C18H17Cl3N2O2S/c1-18(2,3)11-6-4-10(5-7-11)16(24)22-17(25)23-26-15-13(20)8-12(19)9-14(15)21/h4-9H,1-3H3,(H2,22,23,24,25).